The van der Waals surface area contributed by atoms with Crippen molar-refractivity contribution in [2.24, 2.45) is 10.8 Å². The van der Waals surface area contributed by atoms with Gasteiger partial charge in [0, 0.05) is 22.6 Å². The number of allylic oxidation sites excluding steroid dienone is 1. The largest absolute Gasteiger partial charge is 0.493 e. The Balaban J connectivity index is 1.35. The first-order chi connectivity index (χ1) is 19.8. The number of carbonyl (C=O) groups excluding carboxylic acids is 2. The molecule has 0 radical (unpaired) electrons. The zero-order valence-corrected chi connectivity index (χ0v) is 23.2. The van der Waals surface area contributed by atoms with Gasteiger partial charge in [0.15, 0.2) is 23.9 Å². The highest BCUT2D eigenvalue weighted by Gasteiger charge is 2.14. The van der Waals surface area contributed by atoms with E-state index >= 15 is 0 Å². The molecule has 0 aliphatic heterocycles. The lowest BCUT2D eigenvalue weighted by Crippen LogP contribution is -2.20. The summed E-state index contributed by atoms with van der Waals surface area (Å²) >= 11 is 0. The van der Waals surface area contributed by atoms with Gasteiger partial charge < -0.3 is 28.9 Å². The predicted octanol–water partition coefficient (Wildman–Crippen LogP) is 4.63. The molecule has 2 amide bonds. The van der Waals surface area contributed by atoms with Crippen LogP contribution in [-0.4, -0.2) is 36.3 Å². The molecule has 3 N–H and O–H groups in total. The molecule has 2 aromatic carbocycles. The van der Waals surface area contributed by atoms with Crippen molar-refractivity contribution in [3.05, 3.63) is 107 Å². The summed E-state index contributed by atoms with van der Waals surface area (Å²) in [7, 11) is 1.48. The number of nitrogens with one attached hydrogen (secondary N) is 1. The molecule has 4 aromatic rings. The molecule has 41 heavy (non-hydrogen) atoms. The van der Waals surface area contributed by atoms with Gasteiger partial charge in [-0.3, -0.25) is 9.59 Å². The minimum absolute atomic E-state index is 0.0924. The number of amides is 2. The predicted molar refractivity (Wildman–Crippen MR) is 155 cm³/mol. The van der Waals surface area contributed by atoms with Crippen LogP contribution in [0.2, 0.25) is 0 Å². The third kappa shape index (κ3) is 7.24. The molecule has 4 rings (SSSR count). The second-order valence-corrected chi connectivity index (χ2v) is 9.16. The third-order valence-corrected chi connectivity index (χ3v) is 6.11. The first-order valence-corrected chi connectivity index (χ1v) is 12.8. The van der Waals surface area contributed by atoms with Gasteiger partial charge in [-0.25, -0.2) is 5.43 Å². The van der Waals surface area contributed by atoms with Crippen LogP contribution in [-0.2, 0) is 17.8 Å². The van der Waals surface area contributed by atoms with Gasteiger partial charge >= 0.3 is 5.91 Å². The molecule has 0 unspecified atom stereocenters. The van der Waals surface area contributed by atoms with E-state index in [0.29, 0.717) is 40.6 Å². The lowest BCUT2D eigenvalue weighted by molar-refractivity contribution is -0.119. The average Bonchev–Trinajstić information content (AvgIpc) is 3.57. The maximum Gasteiger partial charge on any atom is 0.307 e. The number of aromatic nitrogens is 1. The van der Waals surface area contributed by atoms with E-state index < -0.39 is 11.8 Å². The van der Waals surface area contributed by atoms with Crippen molar-refractivity contribution in [2.75, 3.05) is 13.7 Å². The highest BCUT2D eigenvalue weighted by molar-refractivity contribution is 5.92. The van der Waals surface area contributed by atoms with Crippen LogP contribution in [0, 0.1) is 13.8 Å². The van der Waals surface area contributed by atoms with Crippen molar-refractivity contribution in [2.45, 2.75) is 26.9 Å². The molecule has 2 heterocycles. The van der Waals surface area contributed by atoms with Gasteiger partial charge in [-0.1, -0.05) is 6.08 Å². The number of aryl methyl sites for hydroxylation is 2. The molecule has 2 aromatic heterocycles. The van der Waals surface area contributed by atoms with Crippen LogP contribution >= 0.6 is 0 Å². The van der Waals surface area contributed by atoms with Crippen molar-refractivity contribution in [3.63, 3.8) is 0 Å². The molecule has 0 saturated carbocycles. The molecule has 0 spiro atoms. The maximum atomic E-state index is 12.6. The number of furan rings is 1. The van der Waals surface area contributed by atoms with Crippen LogP contribution in [0.25, 0.3) is 5.69 Å². The maximum absolute atomic E-state index is 12.6. The second kappa shape index (κ2) is 13.2. The van der Waals surface area contributed by atoms with Crippen LogP contribution < -0.4 is 25.4 Å². The lowest BCUT2D eigenvalue weighted by atomic mass is 10.1. The molecule has 0 bridgehead atoms. The molecule has 10 nitrogen and oxygen atoms in total. The number of carbonyl (C=O) groups is 2. The van der Waals surface area contributed by atoms with Gasteiger partial charge in [0.1, 0.15) is 18.1 Å². The Morgan fingerprint density at radius 1 is 1.05 bits per heavy atom. The molecule has 212 valence electrons. The number of primary amides is 1. The zero-order chi connectivity index (χ0) is 29.4. The van der Waals surface area contributed by atoms with Gasteiger partial charge in [-0.05, 0) is 86.5 Å². The summed E-state index contributed by atoms with van der Waals surface area (Å²) in [6.07, 6.45) is 3.60. The van der Waals surface area contributed by atoms with Gasteiger partial charge in [0.05, 0.1) is 13.3 Å². The summed E-state index contributed by atoms with van der Waals surface area (Å²) in [5.41, 5.74) is 12.4. The van der Waals surface area contributed by atoms with Crippen LogP contribution in [0.3, 0.4) is 0 Å². The summed E-state index contributed by atoms with van der Waals surface area (Å²) < 4.78 is 24.6. The molecule has 0 fully saturated rings. The molecule has 0 atom stereocenters. The number of methoxy groups -OCH3 is 1. The average molecular weight is 557 g/mol. The van der Waals surface area contributed by atoms with Crippen molar-refractivity contribution >= 4 is 18.0 Å². The summed E-state index contributed by atoms with van der Waals surface area (Å²) in [6, 6.07) is 18.6. The quantitative estimate of drug-likeness (QED) is 0.140. The first-order valence-electron chi connectivity index (χ1n) is 12.8. The standard InChI is InChI=1S/C31H32N4O6/c1-5-6-23-15-22(16-28(38-4)30(23)40-19-29(32)36)17-33-34-31(37)27-14-13-26(41-27)18-39-25-11-9-24(10-12-25)35-20(2)7-8-21(35)3/h5,7-17H,1,6,18-19H2,2-4H3,(H2,32,36)(H,34,37)/b33-17+. The minimum Gasteiger partial charge on any atom is -0.493 e. The Labute approximate surface area is 238 Å². The normalized spacial score (nSPS) is 10.9. The van der Waals surface area contributed by atoms with E-state index in [-0.39, 0.29) is 19.0 Å². The van der Waals surface area contributed by atoms with Gasteiger partial charge in [0.2, 0.25) is 0 Å². The topological polar surface area (TPSA) is 130 Å². The smallest absolute Gasteiger partial charge is 0.307 e. The first kappa shape index (κ1) is 28.8. The van der Waals surface area contributed by atoms with E-state index in [1.807, 2.05) is 24.3 Å². The van der Waals surface area contributed by atoms with E-state index in [9.17, 15) is 9.59 Å². The monoisotopic (exact) mass is 556 g/mol. The lowest BCUT2D eigenvalue weighted by Gasteiger charge is -2.14. The number of hydrogen-bond donors (Lipinski definition) is 2. The van der Waals surface area contributed by atoms with E-state index in [2.05, 4.69) is 47.7 Å². The number of nitrogens with two attached hydrogens (primary N) is 1. The fourth-order valence-corrected chi connectivity index (χ4v) is 4.24. The van der Waals surface area contributed by atoms with Gasteiger partial charge in [-0.2, -0.15) is 5.10 Å². The Bertz CT molecular complexity index is 1550. The van der Waals surface area contributed by atoms with Crippen molar-refractivity contribution in [1.82, 2.24) is 9.99 Å². The van der Waals surface area contributed by atoms with Gasteiger partial charge in [-0.15, -0.1) is 6.58 Å². The van der Waals surface area contributed by atoms with E-state index in [0.717, 1.165) is 17.1 Å². The van der Waals surface area contributed by atoms with Crippen LogP contribution in [0.1, 0.15) is 38.8 Å². The third-order valence-electron chi connectivity index (χ3n) is 6.11. The highest BCUT2D eigenvalue weighted by Crippen LogP contribution is 2.33. The van der Waals surface area contributed by atoms with Crippen LogP contribution in [0.4, 0.5) is 0 Å². The molecule has 0 saturated heterocycles. The molecule has 10 heteroatoms. The summed E-state index contributed by atoms with van der Waals surface area (Å²) in [6.45, 7) is 7.74. The number of benzene rings is 2. The van der Waals surface area contributed by atoms with Crippen molar-refractivity contribution < 1.29 is 28.2 Å². The number of ether oxygens (including phenoxy) is 3. The minimum atomic E-state index is -0.606. The number of hydrogen-bond acceptors (Lipinski definition) is 7. The van der Waals surface area contributed by atoms with Crippen molar-refractivity contribution in [3.8, 4) is 22.9 Å². The summed E-state index contributed by atoms with van der Waals surface area (Å²) in [5, 5.41) is 4.03. The molecular formula is C31H32N4O6. The Morgan fingerprint density at radius 2 is 1.78 bits per heavy atom. The van der Waals surface area contributed by atoms with E-state index in [1.165, 1.54) is 13.3 Å². The summed E-state index contributed by atoms with van der Waals surface area (Å²) in [5.74, 6) is 0.915. The number of hydrazone groups is 1. The number of rotatable bonds is 13. The van der Waals surface area contributed by atoms with E-state index in [4.69, 9.17) is 24.4 Å². The van der Waals surface area contributed by atoms with Gasteiger partial charge in [0.25, 0.3) is 5.91 Å². The number of nitrogens with zero attached hydrogens (tertiary/aromatic N) is 2. The highest BCUT2D eigenvalue weighted by atomic mass is 16.5. The fourth-order valence-electron chi connectivity index (χ4n) is 4.24. The second-order valence-electron chi connectivity index (χ2n) is 9.16. The SMILES string of the molecule is C=CCc1cc(/C=N/NC(=O)c2ccc(COc3ccc(-n4c(C)ccc4C)cc3)o2)cc(OC)c1OCC(N)=O. The van der Waals surface area contributed by atoms with Crippen LogP contribution in [0.5, 0.6) is 17.2 Å². The Kier molecular flexibility index (Phi) is 9.26. The fraction of sp³-hybridized carbons (Fsp3) is 0.194. The molecule has 0 aliphatic rings. The Hall–Kier alpha value is -5.25. The molecular weight excluding hydrogens is 524 g/mol. The van der Waals surface area contributed by atoms with Crippen LogP contribution in [0.15, 0.2) is 82.8 Å². The zero-order valence-electron chi connectivity index (χ0n) is 23.2. The molecule has 0 aliphatic carbocycles. The Morgan fingerprint density at radius 3 is 2.44 bits per heavy atom. The van der Waals surface area contributed by atoms with E-state index in [1.54, 1.807) is 30.3 Å². The summed E-state index contributed by atoms with van der Waals surface area (Å²) in [4.78, 5) is 23.7. The van der Waals surface area contributed by atoms with Crippen molar-refractivity contribution in [1.29, 1.82) is 0 Å².